The smallest absolute Gasteiger partial charge is 0.228 e. The molecule has 0 bridgehead atoms. The van der Waals surface area contributed by atoms with Gasteiger partial charge in [0, 0.05) is 23.1 Å². The minimum absolute atomic E-state index is 0.0312. The Kier molecular flexibility index (Phi) is 8.96. The molecule has 1 heterocycles. The summed E-state index contributed by atoms with van der Waals surface area (Å²) in [5.41, 5.74) is 2.84. The number of amides is 1. The molecule has 2 aromatic rings. The van der Waals surface area contributed by atoms with E-state index in [9.17, 15) is 4.79 Å². The molecule has 1 aliphatic rings. The van der Waals surface area contributed by atoms with Gasteiger partial charge in [-0.2, -0.15) is 0 Å². The molecular formula is C21H32N2O2. The lowest BCUT2D eigenvalue weighted by Gasteiger charge is -2.17. The fourth-order valence-corrected chi connectivity index (χ4v) is 3.12. The van der Waals surface area contributed by atoms with Gasteiger partial charge in [0.1, 0.15) is 5.76 Å². The van der Waals surface area contributed by atoms with Crippen molar-refractivity contribution in [3.05, 3.63) is 47.3 Å². The molecule has 0 radical (unpaired) electrons. The van der Waals surface area contributed by atoms with Crippen LogP contribution in [0.5, 0.6) is 0 Å². The molecule has 1 aromatic heterocycles. The number of carbonyl (C=O) groups excluding carboxylic acids is 1. The number of aromatic nitrogens is 1. The van der Waals surface area contributed by atoms with Crippen LogP contribution in [-0.2, 0) is 4.79 Å². The Labute approximate surface area is 152 Å². The first-order chi connectivity index (χ1) is 12.2. The van der Waals surface area contributed by atoms with Crippen LogP contribution in [0.2, 0.25) is 0 Å². The maximum absolute atomic E-state index is 12.5. The van der Waals surface area contributed by atoms with Gasteiger partial charge in [-0.1, -0.05) is 57.5 Å². The summed E-state index contributed by atoms with van der Waals surface area (Å²) in [6.45, 7) is 12.0. The standard InChI is InChI=1S/C17H20N2O2.2C2H6/c1-11-12(2)19-21-16(11)14-9-6-10-15(14)17(20)18-13-7-4-3-5-8-13;2*1-2/h3-5,7-8,14-15H,6,9-10H2,1-2H3,(H,18,20);2*1-2H3/t14-,15-;;/m0../s1. The third kappa shape index (κ3) is 5.18. The van der Waals surface area contributed by atoms with Crippen molar-refractivity contribution in [1.82, 2.24) is 5.16 Å². The molecule has 0 saturated heterocycles. The Hall–Kier alpha value is -2.10. The van der Waals surface area contributed by atoms with Gasteiger partial charge in [-0.25, -0.2) is 0 Å². The van der Waals surface area contributed by atoms with E-state index in [2.05, 4.69) is 10.5 Å². The molecule has 0 spiro atoms. The number of nitrogens with zero attached hydrogens (tertiary/aromatic N) is 1. The molecule has 0 aliphatic heterocycles. The number of anilines is 1. The highest BCUT2D eigenvalue weighted by Crippen LogP contribution is 2.41. The van der Waals surface area contributed by atoms with Gasteiger partial charge < -0.3 is 9.84 Å². The maximum atomic E-state index is 12.5. The van der Waals surface area contributed by atoms with Crippen molar-refractivity contribution in [2.45, 2.75) is 66.7 Å². The molecule has 4 nitrogen and oxygen atoms in total. The van der Waals surface area contributed by atoms with E-state index in [0.717, 1.165) is 42.0 Å². The first-order valence-corrected chi connectivity index (χ1v) is 9.45. The van der Waals surface area contributed by atoms with Crippen molar-refractivity contribution in [2.75, 3.05) is 5.32 Å². The average molecular weight is 344 g/mol. The molecule has 1 N–H and O–H groups in total. The van der Waals surface area contributed by atoms with Crippen LogP contribution in [0.1, 0.15) is 69.9 Å². The fourth-order valence-electron chi connectivity index (χ4n) is 3.12. The highest BCUT2D eigenvalue weighted by molar-refractivity contribution is 5.93. The quantitative estimate of drug-likeness (QED) is 0.758. The van der Waals surface area contributed by atoms with Crippen LogP contribution in [0, 0.1) is 19.8 Å². The van der Waals surface area contributed by atoms with Crippen LogP contribution < -0.4 is 5.32 Å². The number of aryl methyl sites for hydroxylation is 1. The third-order valence-electron chi connectivity index (χ3n) is 4.42. The summed E-state index contributed by atoms with van der Waals surface area (Å²) < 4.78 is 5.48. The van der Waals surface area contributed by atoms with E-state index in [0.29, 0.717) is 0 Å². The zero-order valence-electron chi connectivity index (χ0n) is 16.4. The van der Waals surface area contributed by atoms with E-state index in [1.54, 1.807) is 0 Å². The number of carbonyl (C=O) groups is 1. The highest BCUT2D eigenvalue weighted by Gasteiger charge is 2.37. The summed E-state index contributed by atoms with van der Waals surface area (Å²) in [6.07, 6.45) is 2.95. The van der Waals surface area contributed by atoms with E-state index in [1.165, 1.54) is 0 Å². The van der Waals surface area contributed by atoms with Crippen molar-refractivity contribution in [3.8, 4) is 0 Å². The summed E-state index contributed by atoms with van der Waals surface area (Å²) >= 11 is 0. The first kappa shape index (κ1) is 20.9. The van der Waals surface area contributed by atoms with Crippen LogP contribution in [-0.4, -0.2) is 11.1 Å². The molecule has 1 amide bonds. The highest BCUT2D eigenvalue weighted by atomic mass is 16.5. The lowest BCUT2D eigenvalue weighted by atomic mass is 9.90. The topological polar surface area (TPSA) is 55.1 Å². The van der Waals surface area contributed by atoms with Crippen molar-refractivity contribution >= 4 is 11.6 Å². The second-order valence-electron chi connectivity index (χ2n) is 5.76. The van der Waals surface area contributed by atoms with Crippen molar-refractivity contribution in [2.24, 2.45) is 5.92 Å². The van der Waals surface area contributed by atoms with Gasteiger partial charge in [-0.05, 0) is 38.8 Å². The molecule has 2 atom stereocenters. The van der Waals surface area contributed by atoms with E-state index < -0.39 is 0 Å². The largest absolute Gasteiger partial charge is 0.361 e. The molecule has 1 fully saturated rings. The average Bonchev–Trinajstić information content (AvgIpc) is 3.27. The Morgan fingerprint density at radius 3 is 2.28 bits per heavy atom. The second kappa shape index (κ2) is 10.7. The molecule has 3 rings (SSSR count). The fraction of sp³-hybridized carbons (Fsp3) is 0.524. The Morgan fingerprint density at radius 2 is 1.72 bits per heavy atom. The SMILES string of the molecule is CC.CC.Cc1noc([C@H]2CCC[C@@H]2C(=O)Nc2ccccc2)c1C. The van der Waals surface area contributed by atoms with Gasteiger partial charge in [-0.3, -0.25) is 4.79 Å². The van der Waals surface area contributed by atoms with Crippen LogP contribution >= 0.6 is 0 Å². The maximum Gasteiger partial charge on any atom is 0.228 e. The second-order valence-corrected chi connectivity index (χ2v) is 5.76. The van der Waals surface area contributed by atoms with E-state index in [-0.39, 0.29) is 17.7 Å². The summed E-state index contributed by atoms with van der Waals surface area (Å²) in [5, 5.41) is 7.04. The van der Waals surface area contributed by atoms with Gasteiger partial charge in [-0.15, -0.1) is 0 Å². The number of benzene rings is 1. The van der Waals surface area contributed by atoms with Crippen molar-refractivity contribution < 1.29 is 9.32 Å². The van der Waals surface area contributed by atoms with Crippen molar-refractivity contribution in [1.29, 1.82) is 0 Å². The predicted octanol–water partition coefficient (Wildman–Crippen LogP) is 5.87. The monoisotopic (exact) mass is 344 g/mol. The van der Waals surface area contributed by atoms with Gasteiger partial charge in [0.2, 0.25) is 5.91 Å². The van der Waals surface area contributed by atoms with Gasteiger partial charge in [0.05, 0.1) is 5.69 Å². The number of rotatable bonds is 3. The van der Waals surface area contributed by atoms with Crippen LogP contribution in [0.25, 0.3) is 0 Å². The zero-order chi connectivity index (χ0) is 18.8. The Bertz CT molecular complexity index is 635. The lowest BCUT2D eigenvalue weighted by molar-refractivity contribution is -0.120. The molecule has 1 aromatic carbocycles. The molecule has 0 unspecified atom stereocenters. The molecule has 4 heteroatoms. The third-order valence-corrected chi connectivity index (χ3v) is 4.42. The van der Waals surface area contributed by atoms with Gasteiger partial charge in [0.25, 0.3) is 0 Å². The summed E-state index contributed by atoms with van der Waals surface area (Å²) in [7, 11) is 0. The minimum Gasteiger partial charge on any atom is -0.361 e. The molecule has 1 aliphatic carbocycles. The summed E-state index contributed by atoms with van der Waals surface area (Å²) in [5.74, 6) is 1.08. The lowest BCUT2D eigenvalue weighted by Crippen LogP contribution is -2.25. The minimum atomic E-state index is -0.0312. The first-order valence-electron chi connectivity index (χ1n) is 9.45. The van der Waals surface area contributed by atoms with E-state index in [4.69, 9.17) is 4.52 Å². The summed E-state index contributed by atoms with van der Waals surface area (Å²) in [6, 6.07) is 9.60. The number of hydrogen-bond donors (Lipinski definition) is 1. The molecule has 138 valence electrons. The number of para-hydroxylation sites is 1. The van der Waals surface area contributed by atoms with Gasteiger partial charge in [0.15, 0.2) is 0 Å². The molecular weight excluding hydrogens is 312 g/mol. The van der Waals surface area contributed by atoms with E-state index >= 15 is 0 Å². The number of nitrogens with one attached hydrogen (secondary N) is 1. The van der Waals surface area contributed by atoms with E-state index in [1.807, 2.05) is 71.9 Å². The van der Waals surface area contributed by atoms with Crippen molar-refractivity contribution in [3.63, 3.8) is 0 Å². The number of hydrogen-bond acceptors (Lipinski definition) is 3. The Morgan fingerprint density at radius 1 is 1.08 bits per heavy atom. The van der Waals surface area contributed by atoms with Crippen LogP contribution in [0.15, 0.2) is 34.9 Å². The summed E-state index contributed by atoms with van der Waals surface area (Å²) in [4.78, 5) is 12.5. The Balaban J connectivity index is 0.000000730. The zero-order valence-corrected chi connectivity index (χ0v) is 16.4. The predicted molar refractivity (Wildman–Crippen MR) is 104 cm³/mol. The molecule has 25 heavy (non-hydrogen) atoms. The van der Waals surface area contributed by atoms with Crippen LogP contribution in [0.4, 0.5) is 5.69 Å². The van der Waals surface area contributed by atoms with Crippen LogP contribution in [0.3, 0.4) is 0 Å². The van der Waals surface area contributed by atoms with Gasteiger partial charge >= 0.3 is 0 Å². The molecule has 1 saturated carbocycles. The normalized spacial score (nSPS) is 18.5.